The molecule has 0 fully saturated rings. The molecule has 2 nitrogen and oxygen atoms in total. The van der Waals surface area contributed by atoms with Crippen LogP contribution in [0.3, 0.4) is 0 Å². The molecule has 2 aromatic carbocycles. The van der Waals surface area contributed by atoms with E-state index in [-0.39, 0.29) is 0 Å². The molecule has 0 bridgehead atoms. The highest BCUT2D eigenvalue weighted by Gasteiger charge is 2.11. The zero-order chi connectivity index (χ0) is 10.8. The summed E-state index contributed by atoms with van der Waals surface area (Å²) >= 11 is 0. The molecule has 0 amide bonds. The van der Waals surface area contributed by atoms with E-state index in [1.54, 1.807) is 6.07 Å². The highest BCUT2D eigenvalue weighted by Crippen LogP contribution is 2.33. The second-order valence-corrected chi connectivity index (χ2v) is 3.94. The summed E-state index contributed by atoms with van der Waals surface area (Å²) in [5.41, 5.74) is 1.05. The minimum Gasteiger partial charge on any atom is -0.340 e. The fourth-order valence-corrected chi connectivity index (χ4v) is 1.95. The number of hydrogen-bond donors (Lipinski definition) is 1. The van der Waals surface area contributed by atoms with Crippen LogP contribution < -0.4 is 4.89 Å². The molecule has 1 N–H and O–H groups in total. The maximum absolute atomic E-state index is 8.83. The predicted molar refractivity (Wildman–Crippen MR) is 61.3 cm³/mol. The standard InChI is InChI=1S/C13H14O2/c1-9(2)13-11-6-4-3-5-10(11)7-8-12(13)15-14/h3-9,14H,1-2H3. The maximum Gasteiger partial charge on any atom is 0.169 e. The van der Waals surface area contributed by atoms with Gasteiger partial charge < -0.3 is 4.89 Å². The summed E-state index contributed by atoms with van der Waals surface area (Å²) in [6.07, 6.45) is 0. The van der Waals surface area contributed by atoms with Crippen LogP contribution >= 0.6 is 0 Å². The molecule has 0 saturated heterocycles. The van der Waals surface area contributed by atoms with Gasteiger partial charge in [0.05, 0.1) is 0 Å². The minimum absolute atomic E-state index is 0.318. The third-order valence-corrected chi connectivity index (χ3v) is 2.61. The van der Waals surface area contributed by atoms with Crippen molar-refractivity contribution in [3.63, 3.8) is 0 Å². The summed E-state index contributed by atoms with van der Waals surface area (Å²) in [6, 6.07) is 11.9. The van der Waals surface area contributed by atoms with Gasteiger partial charge in [-0.25, -0.2) is 5.26 Å². The van der Waals surface area contributed by atoms with Crippen molar-refractivity contribution in [2.75, 3.05) is 0 Å². The zero-order valence-corrected chi connectivity index (χ0v) is 8.90. The van der Waals surface area contributed by atoms with Gasteiger partial charge in [-0.2, -0.15) is 0 Å². The van der Waals surface area contributed by atoms with Gasteiger partial charge in [-0.1, -0.05) is 44.2 Å². The molecule has 0 aromatic heterocycles. The molecule has 0 atom stereocenters. The van der Waals surface area contributed by atoms with Gasteiger partial charge in [0.25, 0.3) is 0 Å². The van der Waals surface area contributed by atoms with Crippen molar-refractivity contribution in [3.8, 4) is 5.75 Å². The van der Waals surface area contributed by atoms with E-state index in [0.717, 1.165) is 10.9 Å². The van der Waals surface area contributed by atoms with Gasteiger partial charge in [-0.15, -0.1) is 0 Å². The fraction of sp³-hybridized carbons (Fsp3) is 0.231. The lowest BCUT2D eigenvalue weighted by molar-refractivity contribution is -0.138. The second kappa shape index (κ2) is 3.91. The largest absolute Gasteiger partial charge is 0.340 e. The summed E-state index contributed by atoms with van der Waals surface area (Å²) in [7, 11) is 0. The van der Waals surface area contributed by atoms with E-state index in [9.17, 15) is 0 Å². The molecule has 0 aliphatic carbocycles. The quantitative estimate of drug-likeness (QED) is 0.592. The third kappa shape index (κ3) is 1.68. The SMILES string of the molecule is CC(C)c1c(OO)ccc2ccccc12. The Balaban J connectivity index is 2.79. The maximum atomic E-state index is 8.83. The van der Waals surface area contributed by atoms with Crippen LogP contribution in [0.25, 0.3) is 10.8 Å². The summed E-state index contributed by atoms with van der Waals surface area (Å²) in [6.45, 7) is 4.18. The van der Waals surface area contributed by atoms with Crippen molar-refractivity contribution in [2.24, 2.45) is 0 Å². The van der Waals surface area contributed by atoms with E-state index >= 15 is 0 Å². The molecule has 0 aliphatic heterocycles. The van der Waals surface area contributed by atoms with Crippen molar-refractivity contribution in [1.29, 1.82) is 0 Å². The molecule has 78 valence electrons. The first-order chi connectivity index (χ1) is 7.24. The average molecular weight is 202 g/mol. The lowest BCUT2D eigenvalue weighted by Gasteiger charge is -2.13. The molecule has 0 unspecified atom stereocenters. The van der Waals surface area contributed by atoms with E-state index in [0.29, 0.717) is 11.7 Å². The Kier molecular flexibility index (Phi) is 2.60. The predicted octanol–water partition coefficient (Wildman–Crippen LogP) is 3.82. The van der Waals surface area contributed by atoms with Crippen molar-refractivity contribution in [2.45, 2.75) is 19.8 Å². The number of hydrogen-bond acceptors (Lipinski definition) is 2. The van der Waals surface area contributed by atoms with Crippen molar-refractivity contribution < 1.29 is 10.1 Å². The van der Waals surface area contributed by atoms with Gasteiger partial charge in [0, 0.05) is 5.56 Å². The van der Waals surface area contributed by atoms with Gasteiger partial charge in [-0.3, -0.25) is 0 Å². The second-order valence-electron chi connectivity index (χ2n) is 3.94. The number of benzene rings is 2. The molecule has 2 heteroatoms. The highest BCUT2D eigenvalue weighted by atomic mass is 17.1. The van der Waals surface area contributed by atoms with E-state index in [1.165, 1.54) is 5.39 Å². The Morgan fingerprint density at radius 3 is 2.47 bits per heavy atom. The van der Waals surface area contributed by atoms with Crippen LogP contribution in [-0.2, 0) is 0 Å². The van der Waals surface area contributed by atoms with Crippen LogP contribution in [0.15, 0.2) is 36.4 Å². The third-order valence-electron chi connectivity index (χ3n) is 2.61. The van der Waals surface area contributed by atoms with Gasteiger partial charge in [0.2, 0.25) is 0 Å². The summed E-state index contributed by atoms with van der Waals surface area (Å²) in [4.78, 5) is 4.41. The molecular weight excluding hydrogens is 188 g/mol. The fourth-order valence-electron chi connectivity index (χ4n) is 1.95. The Morgan fingerprint density at radius 2 is 1.80 bits per heavy atom. The van der Waals surface area contributed by atoms with Crippen LogP contribution in [-0.4, -0.2) is 5.26 Å². The minimum atomic E-state index is 0.318. The monoisotopic (exact) mass is 202 g/mol. The van der Waals surface area contributed by atoms with E-state index < -0.39 is 0 Å². The zero-order valence-electron chi connectivity index (χ0n) is 8.90. The average Bonchev–Trinajstić information content (AvgIpc) is 2.27. The molecule has 15 heavy (non-hydrogen) atoms. The summed E-state index contributed by atoms with van der Waals surface area (Å²) in [5.74, 6) is 0.863. The first kappa shape index (κ1) is 9.99. The number of rotatable bonds is 2. The Bertz CT molecular complexity index is 475. The molecule has 0 saturated carbocycles. The molecule has 0 radical (unpaired) electrons. The van der Waals surface area contributed by atoms with Gasteiger partial charge in [0.15, 0.2) is 5.75 Å². The lowest BCUT2D eigenvalue weighted by atomic mass is 9.95. The van der Waals surface area contributed by atoms with Crippen molar-refractivity contribution in [3.05, 3.63) is 42.0 Å². The normalized spacial score (nSPS) is 10.9. The van der Waals surface area contributed by atoms with Crippen LogP contribution in [0.2, 0.25) is 0 Å². The van der Waals surface area contributed by atoms with Crippen molar-refractivity contribution >= 4 is 10.8 Å². The van der Waals surface area contributed by atoms with E-state index in [4.69, 9.17) is 5.26 Å². The van der Waals surface area contributed by atoms with Gasteiger partial charge in [0.1, 0.15) is 0 Å². The van der Waals surface area contributed by atoms with Crippen LogP contribution in [0.5, 0.6) is 5.75 Å². The number of fused-ring (bicyclic) bond motifs is 1. The van der Waals surface area contributed by atoms with E-state index in [2.05, 4.69) is 24.8 Å². The molecule has 2 aromatic rings. The molecule has 2 rings (SSSR count). The highest BCUT2D eigenvalue weighted by molar-refractivity contribution is 5.88. The molecular formula is C13H14O2. The van der Waals surface area contributed by atoms with Crippen LogP contribution in [0.1, 0.15) is 25.3 Å². The van der Waals surface area contributed by atoms with Gasteiger partial charge in [-0.05, 0) is 22.8 Å². The summed E-state index contributed by atoms with van der Waals surface area (Å²) in [5, 5.41) is 11.1. The first-order valence-corrected chi connectivity index (χ1v) is 5.07. The first-order valence-electron chi connectivity index (χ1n) is 5.07. The lowest BCUT2D eigenvalue weighted by Crippen LogP contribution is -1.95. The van der Waals surface area contributed by atoms with Gasteiger partial charge >= 0.3 is 0 Å². The smallest absolute Gasteiger partial charge is 0.169 e. The Morgan fingerprint density at radius 1 is 1.07 bits per heavy atom. The van der Waals surface area contributed by atoms with Crippen LogP contribution in [0.4, 0.5) is 0 Å². The summed E-state index contributed by atoms with van der Waals surface area (Å²) < 4.78 is 0. The topological polar surface area (TPSA) is 29.5 Å². The van der Waals surface area contributed by atoms with Crippen LogP contribution in [0, 0.1) is 0 Å². The molecule has 0 aliphatic rings. The molecule has 0 spiro atoms. The Hall–Kier alpha value is -1.54. The Labute approximate surface area is 89.0 Å². The molecule has 0 heterocycles. The van der Waals surface area contributed by atoms with Crippen molar-refractivity contribution in [1.82, 2.24) is 0 Å². The van der Waals surface area contributed by atoms with E-state index in [1.807, 2.05) is 24.3 Å².